The number of ether oxygens (including phenoxy) is 2. The third kappa shape index (κ3) is 4.05. The number of pyridine rings is 1. The van der Waals surface area contributed by atoms with Gasteiger partial charge in [0.2, 0.25) is 0 Å². The third-order valence-electron chi connectivity index (χ3n) is 3.83. The maximum Gasteiger partial charge on any atom is 0.341 e. The van der Waals surface area contributed by atoms with E-state index in [-0.39, 0.29) is 39.4 Å². The van der Waals surface area contributed by atoms with Crippen molar-refractivity contribution in [1.82, 2.24) is 4.98 Å². The largest absolute Gasteiger partial charge is 0.465 e. The molecule has 1 aromatic carbocycles. The highest BCUT2D eigenvalue weighted by Crippen LogP contribution is 2.37. The number of ketones is 1. The van der Waals surface area contributed by atoms with Crippen molar-refractivity contribution in [2.75, 3.05) is 13.7 Å². The van der Waals surface area contributed by atoms with Crippen LogP contribution in [0.2, 0.25) is 0 Å². The second-order valence-electron chi connectivity index (χ2n) is 5.79. The summed E-state index contributed by atoms with van der Waals surface area (Å²) < 4.78 is 9.86. The molecule has 2 aromatic rings. The fourth-order valence-electron chi connectivity index (χ4n) is 2.73. The van der Waals surface area contributed by atoms with E-state index in [9.17, 15) is 19.3 Å². The van der Waals surface area contributed by atoms with Gasteiger partial charge in [-0.1, -0.05) is 18.2 Å². The van der Waals surface area contributed by atoms with Gasteiger partial charge < -0.3 is 9.47 Å². The first-order chi connectivity index (χ1) is 12.8. The van der Waals surface area contributed by atoms with Gasteiger partial charge in [0.05, 0.1) is 29.6 Å². The minimum atomic E-state index is -0.837. The Morgan fingerprint density at radius 1 is 1.04 bits per heavy atom. The second kappa shape index (κ2) is 8.31. The van der Waals surface area contributed by atoms with Gasteiger partial charge in [-0.25, -0.2) is 9.59 Å². The van der Waals surface area contributed by atoms with Crippen LogP contribution in [0.3, 0.4) is 0 Å². The maximum absolute atomic E-state index is 12.7. The average Bonchev–Trinajstić information content (AvgIpc) is 2.64. The van der Waals surface area contributed by atoms with Crippen molar-refractivity contribution in [3.05, 3.63) is 51.7 Å². The van der Waals surface area contributed by atoms with Crippen LogP contribution in [0, 0.1) is 18.8 Å². The predicted molar refractivity (Wildman–Crippen MR) is 96.9 cm³/mol. The summed E-state index contributed by atoms with van der Waals surface area (Å²) in [4.78, 5) is 51.7. The summed E-state index contributed by atoms with van der Waals surface area (Å²) in [7, 11) is 1.20. The highest BCUT2D eigenvalue weighted by molar-refractivity contribution is 6.08. The first-order valence-corrected chi connectivity index (χ1v) is 8.00. The number of nitrogens with zero attached hydrogens (tertiary/aromatic N) is 2. The molecule has 0 fully saturated rings. The molecule has 0 saturated carbocycles. The van der Waals surface area contributed by atoms with Crippen molar-refractivity contribution in [2.45, 2.75) is 20.8 Å². The van der Waals surface area contributed by atoms with Gasteiger partial charge in [0.25, 0.3) is 0 Å². The molecule has 8 heteroatoms. The molecule has 2 rings (SSSR count). The van der Waals surface area contributed by atoms with E-state index in [1.807, 2.05) is 0 Å². The van der Waals surface area contributed by atoms with Gasteiger partial charge in [-0.15, -0.1) is 4.91 Å². The quantitative estimate of drug-likeness (QED) is 0.566. The highest BCUT2D eigenvalue weighted by atomic mass is 16.5. The number of carbonyl (C=O) groups is 3. The molecule has 0 aliphatic heterocycles. The molecular formula is C19H18N2O6. The van der Waals surface area contributed by atoms with Gasteiger partial charge in [-0.3, -0.25) is 9.78 Å². The Hall–Kier alpha value is -3.42. The van der Waals surface area contributed by atoms with Crippen molar-refractivity contribution in [3.8, 4) is 11.1 Å². The lowest BCUT2D eigenvalue weighted by atomic mass is 9.91. The lowest BCUT2D eigenvalue weighted by Crippen LogP contribution is -2.18. The molecule has 0 spiro atoms. The van der Waals surface area contributed by atoms with E-state index in [1.165, 1.54) is 20.1 Å². The normalized spacial score (nSPS) is 10.2. The number of aromatic nitrogens is 1. The number of hydrogen-bond donors (Lipinski definition) is 0. The number of Topliss-reactive ketones (excluding diaryl/α,β-unsaturated/α-hetero) is 1. The number of esters is 2. The lowest BCUT2D eigenvalue weighted by Gasteiger charge is -2.18. The molecule has 0 aliphatic carbocycles. The van der Waals surface area contributed by atoms with Crippen LogP contribution in [-0.4, -0.2) is 36.4 Å². The summed E-state index contributed by atoms with van der Waals surface area (Å²) in [6, 6.07) is 6.26. The predicted octanol–water partition coefficient (Wildman–Crippen LogP) is 3.30. The number of carbonyl (C=O) groups excluding carboxylic acids is 3. The van der Waals surface area contributed by atoms with E-state index in [4.69, 9.17) is 9.47 Å². The van der Waals surface area contributed by atoms with E-state index in [1.54, 1.807) is 32.0 Å². The number of benzene rings is 1. The Balaban J connectivity index is 2.87. The monoisotopic (exact) mass is 370 g/mol. The fourth-order valence-corrected chi connectivity index (χ4v) is 2.73. The maximum atomic E-state index is 12.7. The summed E-state index contributed by atoms with van der Waals surface area (Å²) in [6.07, 6.45) is 0. The van der Waals surface area contributed by atoms with Crippen LogP contribution >= 0.6 is 0 Å². The smallest absolute Gasteiger partial charge is 0.341 e. The molecule has 1 aromatic heterocycles. The molecule has 27 heavy (non-hydrogen) atoms. The number of methoxy groups -OCH3 is 1. The van der Waals surface area contributed by atoms with Crippen LogP contribution in [0.1, 0.15) is 39.0 Å². The summed E-state index contributed by atoms with van der Waals surface area (Å²) in [5.74, 6) is -1.90. The molecule has 0 bridgehead atoms. The van der Waals surface area contributed by atoms with Crippen LogP contribution in [0.5, 0.6) is 0 Å². The molecule has 140 valence electrons. The van der Waals surface area contributed by atoms with Crippen molar-refractivity contribution in [3.63, 3.8) is 0 Å². The Bertz CT molecular complexity index is 936. The van der Waals surface area contributed by atoms with Gasteiger partial charge in [-0.05, 0) is 32.0 Å². The van der Waals surface area contributed by atoms with Crippen LogP contribution in [0.4, 0.5) is 5.69 Å². The van der Waals surface area contributed by atoms with Crippen molar-refractivity contribution >= 4 is 23.4 Å². The van der Waals surface area contributed by atoms with E-state index in [0.29, 0.717) is 5.69 Å². The van der Waals surface area contributed by atoms with E-state index in [0.717, 1.165) is 0 Å². The summed E-state index contributed by atoms with van der Waals surface area (Å²) in [5.41, 5.74) is 1.02. The van der Waals surface area contributed by atoms with Gasteiger partial charge in [0.1, 0.15) is 12.3 Å². The van der Waals surface area contributed by atoms with Gasteiger partial charge in [-0.2, -0.15) is 0 Å². The average molecular weight is 370 g/mol. The topological polar surface area (TPSA) is 112 Å². The SMILES string of the molecule is COC(=O)c1c(C)nc(C)c(C(=O)OCC(C)=O)c1-c1ccccc1N=O. The van der Waals surface area contributed by atoms with Crippen LogP contribution in [-0.2, 0) is 14.3 Å². The molecule has 0 unspecified atom stereocenters. The Kier molecular flexibility index (Phi) is 6.12. The molecule has 0 atom stereocenters. The summed E-state index contributed by atoms with van der Waals surface area (Å²) >= 11 is 0. The number of hydrogen-bond acceptors (Lipinski definition) is 8. The fraction of sp³-hybridized carbons (Fsp3) is 0.263. The van der Waals surface area contributed by atoms with E-state index in [2.05, 4.69) is 10.2 Å². The Morgan fingerprint density at radius 3 is 2.19 bits per heavy atom. The molecule has 0 saturated heterocycles. The highest BCUT2D eigenvalue weighted by Gasteiger charge is 2.29. The molecule has 0 aliphatic rings. The van der Waals surface area contributed by atoms with Crippen LogP contribution in [0.25, 0.3) is 11.1 Å². The van der Waals surface area contributed by atoms with Gasteiger partial charge in [0.15, 0.2) is 5.78 Å². The number of rotatable bonds is 6. The van der Waals surface area contributed by atoms with Crippen LogP contribution < -0.4 is 0 Å². The first kappa shape index (κ1) is 19.9. The summed E-state index contributed by atoms with van der Waals surface area (Å²) in [5, 5.41) is 2.98. The zero-order valence-corrected chi connectivity index (χ0v) is 15.4. The van der Waals surface area contributed by atoms with E-state index < -0.39 is 18.5 Å². The molecule has 8 nitrogen and oxygen atoms in total. The standard InChI is InChI=1S/C19H18N2O6/c1-10(22)9-27-19(24)16-12(3)20-11(2)15(18(23)26-4)17(16)13-7-5-6-8-14(13)21-25/h5-8H,9H2,1-4H3. The number of aryl methyl sites for hydroxylation is 2. The first-order valence-electron chi connectivity index (χ1n) is 8.00. The second-order valence-corrected chi connectivity index (χ2v) is 5.79. The lowest BCUT2D eigenvalue weighted by molar-refractivity contribution is -0.120. The van der Waals surface area contributed by atoms with E-state index >= 15 is 0 Å². The van der Waals surface area contributed by atoms with Crippen LogP contribution in [0.15, 0.2) is 29.4 Å². The molecule has 1 heterocycles. The molecular weight excluding hydrogens is 352 g/mol. The van der Waals surface area contributed by atoms with Crippen molar-refractivity contribution in [2.24, 2.45) is 5.18 Å². The minimum Gasteiger partial charge on any atom is -0.465 e. The Labute approximate surface area is 155 Å². The van der Waals surface area contributed by atoms with Crippen molar-refractivity contribution in [1.29, 1.82) is 0 Å². The molecule has 0 radical (unpaired) electrons. The molecule has 0 amide bonds. The Morgan fingerprint density at radius 2 is 1.63 bits per heavy atom. The minimum absolute atomic E-state index is 0.0222. The zero-order valence-electron chi connectivity index (χ0n) is 15.4. The van der Waals surface area contributed by atoms with Crippen molar-refractivity contribution < 1.29 is 23.9 Å². The van der Waals surface area contributed by atoms with Gasteiger partial charge >= 0.3 is 11.9 Å². The third-order valence-corrected chi connectivity index (χ3v) is 3.83. The molecule has 0 N–H and O–H groups in total. The summed E-state index contributed by atoms with van der Waals surface area (Å²) in [6.45, 7) is 4.01. The number of nitroso groups, excluding NO2 is 1. The zero-order chi connectivity index (χ0) is 20.1. The van der Waals surface area contributed by atoms with Gasteiger partial charge in [0, 0.05) is 11.1 Å².